The minimum Gasteiger partial charge on any atom is -0.309 e. The van der Waals surface area contributed by atoms with Crippen LogP contribution in [-0.2, 0) is 0 Å². The van der Waals surface area contributed by atoms with Crippen LogP contribution >= 0.6 is 0 Å². The summed E-state index contributed by atoms with van der Waals surface area (Å²) in [5.74, 6) is 0.636. The van der Waals surface area contributed by atoms with Crippen molar-refractivity contribution in [3.8, 4) is 28.6 Å². The van der Waals surface area contributed by atoms with Crippen molar-refractivity contribution in [1.82, 2.24) is 23.7 Å². The molecule has 0 atom stereocenters. The molecule has 4 heterocycles. The van der Waals surface area contributed by atoms with Gasteiger partial charge in [0.2, 0.25) is 5.95 Å². The smallest absolute Gasteiger partial charge is 0.235 e. The Balaban J connectivity index is 1.14. The van der Waals surface area contributed by atoms with Crippen molar-refractivity contribution >= 4 is 87.1 Å². The number of aromatic nitrogens is 5. The number of nitrogens with zero attached hydrogens (tertiary/aromatic N) is 5. The van der Waals surface area contributed by atoms with Gasteiger partial charge in [-0.05, 0) is 60.0 Å². The third kappa shape index (κ3) is 4.55. The standard InChI is InChI=1S/C54H33N5/c1-2-17-36(18-3-1)57-45-26-12-7-22-40(45)41-31-30-35(33-49(41)57)52-42-23-6-11-25-44(42)55-54(56-52)59-48-29-15-10-24-43(48)51-50(59)32-34-16-4-5-19-37(34)53(51)58-46-27-13-8-20-38(46)39-21-9-14-28-47(39)58/h1-33H. The molecule has 274 valence electrons. The summed E-state index contributed by atoms with van der Waals surface area (Å²) in [5, 5.41) is 10.6. The van der Waals surface area contributed by atoms with Crippen LogP contribution in [0.4, 0.5) is 0 Å². The highest BCUT2D eigenvalue weighted by molar-refractivity contribution is 6.22. The molecule has 59 heavy (non-hydrogen) atoms. The molecular weight excluding hydrogens is 719 g/mol. The topological polar surface area (TPSA) is 40.6 Å². The number of hydrogen-bond donors (Lipinski definition) is 0. The van der Waals surface area contributed by atoms with E-state index in [1.165, 1.54) is 43.5 Å². The van der Waals surface area contributed by atoms with Crippen LogP contribution in [0.1, 0.15) is 0 Å². The zero-order chi connectivity index (χ0) is 38.6. The average molecular weight is 752 g/mol. The summed E-state index contributed by atoms with van der Waals surface area (Å²) in [5.41, 5.74) is 11.9. The molecule has 13 aromatic rings. The highest BCUT2D eigenvalue weighted by Crippen LogP contribution is 2.44. The van der Waals surface area contributed by atoms with Gasteiger partial charge < -0.3 is 9.13 Å². The monoisotopic (exact) mass is 751 g/mol. The van der Waals surface area contributed by atoms with E-state index in [1.807, 2.05) is 0 Å². The van der Waals surface area contributed by atoms with Gasteiger partial charge in [0.25, 0.3) is 0 Å². The zero-order valence-corrected chi connectivity index (χ0v) is 31.8. The molecule has 0 saturated carbocycles. The van der Waals surface area contributed by atoms with E-state index in [-0.39, 0.29) is 0 Å². The Bertz CT molecular complexity index is 3800. The lowest BCUT2D eigenvalue weighted by Gasteiger charge is -2.15. The van der Waals surface area contributed by atoms with Gasteiger partial charge in [-0.1, -0.05) is 146 Å². The fraction of sp³-hybridized carbons (Fsp3) is 0. The molecule has 9 aromatic carbocycles. The molecule has 0 aliphatic heterocycles. The van der Waals surface area contributed by atoms with E-state index < -0.39 is 0 Å². The van der Waals surface area contributed by atoms with Gasteiger partial charge >= 0.3 is 0 Å². The molecule has 0 fully saturated rings. The molecule has 4 aromatic heterocycles. The zero-order valence-electron chi connectivity index (χ0n) is 31.8. The first-order chi connectivity index (χ1) is 29.3. The van der Waals surface area contributed by atoms with E-state index in [0.717, 1.165) is 66.2 Å². The van der Waals surface area contributed by atoms with Crippen molar-refractivity contribution < 1.29 is 0 Å². The van der Waals surface area contributed by atoms with Crippen LogP contribution in [0.25, 0.3) is 116 Å². The molecule has 0 amide bonds. The summed E-state index contributed by atoms with van der Waals surface area (Å²) < 4.78 is 7.12. The number of para-hydroxylation sites is 6. The summed E-state index contributed by atoms with van der Waals surface area (Å²) in [6.07, 6.45) is 0. The number of hydrogen-bond acceptors (Lipinski definition) is 2. The van der Waals surface area contributed by atoms with Crippen molar-refractivity contribution in [1.29, 1.82) is 0 Å². The third-order valence-electron chi connectivity index (χ3n) is 12.2. The largest absolute Gasteiger partial charge is 0.309 e. The Hall–Kier alpha value is -8.02. The van der Waals surface area contributed by atoms with E-state index in [0.29, 0.717) is 5.95 Å². The number of fused-ring (bicyclic) bond motifs is 11. The Morgan fingerprint density at radius 1 is 0.322 bits per heavy atom. The second-order valence-electron chi connectivity index (χ2n) is 15.4. The van der Waals surface area contributed by atoms with E-state index >= 15 is 0 Å². The highest BCUT2D eigenvalue weighted by Gasteiger charge is 2.24. The molecule has 13 rings (SSSR count). The lowest BCUT2D eigenvalue weighted by Crippen LogP contribution is -2.04. The average Bonchev–Trinajstić information content (AvgIpc) is 3.93. The highest BCUT2D eigenvalue weighted by atomic mass is 15.2. The first-order valence-corrected chi connectivity index (χ1v) is 20.1. The van der Waals surface area contributed by atoms with Crippen molar-refractivity contribution in [2.45, 2.75) is 0 Å². The van der Waals surface area contributed by atoms with Crippen molar-refractivity contribution in [2.75, 3.05) is 0 Å². The lowest BCUT2D eigenvalue weighted by atomic mass is 10.0. The predicted molar refractivity (Wildman–Crippen MR) is 245 cm³/mol. The van der Waals surface area contributed by atoms with Crippen LogP contribution in [0.3, 0.4) is 0 Å². The van der Waals surface area contributed by atoms with Gasteiger partial charge in [-0.25, -0.2) is 9.97 Å². The summed E-state index contributed by atoms with van der Waals surface area (Å²) in [6, 6.07) is 71.8. The van der Waals surface area contributed by atoms with Crippen LogP contribution < -0.4 is 0 Å². The van der Waals surface area contributed by atoms with Crippen LogP contribution in [0.5, 0.6) is 0 Å². The van der Waals surface area contributed by atoms with Crippen LogP contribution in [0.15, 0.2) is 200 Å². The van der Waals surface area contributed by atoms with E-state index in [2.05, 4.69) is 214 Å². The van der Waals surface area contributed by atoms with Crippen molar-refractivity contribution in [3.63, 3.8) is 0 Å². The molecule has 5 nitrogen and oxygen atoms in total. The Labute approximate surface area is 338 Å². The fourth-order valence-corrected chi connectivity index (χ4v) is 9.73. The lowest BCUT2D eigenvalue weighted by molar-refractivity contribution is 1.01. The summed E-state index contributed by atoms with van der Waals surface area (Å²) in [6.45, 7) is 0. The first-order valence-electron chi connectivity index (χ1n) is 20.1. The van der Waals surface area contributed by atoms with Crippen LogP contribution in [-0.4, -0.2) is 23.7 Å². The van der Waals surface area contributed by atoms with Gasteiger partial charge in [0.1, 0.15) is 0 Å². The molecule has 0 aliphatic carbocycles. The molecule has 0 spiro atoms. The maximum Gasteiger partial charge on any atom is 0.235 e. The predicted octanol–water partition coefficient (Wildman–Crippen LogP) is 13.7. The minimum atomic E-state index is 0.636. The Morgan fingerprint density at radius 2 is 0.847 bits per heavy atom. The maximum atomic E-state index is 5.59. The molecule has 5 heteroatoms. The second kappa shape index (κ2) is 12.2. The first kappa shape index (κ1) is 32.1. The van der Waals surface area contributed by atoms with Gasteiger partial charge in [0.05, 0.1) is 50.0 Å². The second-order valence-corrected chi connectivity index (χ2v) is 15.4. The molecule has 0 radical (unpaired) electrons. The number of rotatable bonds is 4. The van der Waals surface area contributed by atoms with Gasteiger partial charge in [0.15, 0.2) is 0 Å². The SMILES string of the molecule is c1ccc(-n2c3ccccc3c3ccc(-c4nc(-n5c6ccccc6c6c(-n7c8ccccc8c8ccccc87)c7ccccc7cc65)nc5ccccc45)cc32)cc1. The molecule has 0 saturated heterocycles. The summed E-state index contributed by atoms with van der Waals surface area (Å²) >= 11 is 0. The molecular formula is C54H33N5. The van der Waals surface area contributed by atoms with E-state index in [1.54, 1.807) is 0 Å². The Morgan fingerprint density at radius 3 is 1.54 bits per heavy atom. The van der Waals surface area contributed by atoms with Crippen molar-refractivity contribution in [3.05, 3.63) is 200 Å². The quantitative estimate of drug-likeness (QED) is 0.180. The van der Waals surface area contributed by atoms with Gasteiger partial charge in [-0.15, -0.1) is 0 Å². The van der Waals surface area contributed by atoms with Crippen molar-refractivity contribution in [2.24, 2.45) is 0 Å². The van der Waals surface area contributed by atoms with E-state index in [9.17, 15) is 0 Å². The van der Waals surface area contributed by atoms with Crippen LogP contribution in [0, 0.1) is 0 Å². The molecule has 0 bridgehead atoms. The third-order valence-corrected chi connectivity index (χ3v) is 12.2. The normalized spacial score (nSPS) is 12.1. The minimum absolute atomic E-state index is 0.636. The summed E-state index contributed by atoms with van der Waals surface area (Å²) in [4.78, 5) is 11.0. The van der Waals surface area contributed by atoms with Gasteiger partial charge in [-0.3, -0.25) is 4.57 Å². The maximum absolute atomic E-state index is 5.59. The number of benzene rings is 9. The Kier molecular flexibility index (Phi) is 6.66. The van der Waals surface area contributed by atoms with Gasteiger partial charge in [0, 0.05) is 54.3 Å². The van der Waals surface area contributed by atoms with Crippen LogP contribution in [0.2, 0.25) is 0 Å². The van der Waals surface area contributed by atoms with Gasteiger partial charge in [-0.2, -0.15) is 0 Å². The fourth-order valence-electron chi connectivity index (χ4n) is 9.73. The molecule has 0 unspecified atom stereocenters. The van der Waals surface area contributed by atoms with E-state index in [4.69, 9.17) is 9.97 Å². The molecule has 0 N–H and O–H groups in total. The molecule has 0 aliphatic rings. The summed E-state index contributed by atoms with van der Waals surface area (Å²) in [7, 11) is 0.